The van der Waals surface area contributed by atoms with Gasteiger partial charge >= 0.3 is 0 Å². The number of hydrogen-bond acceptors (Lipinski definition) is 3. The normalized spacial score (nSPS) is 15.6. The number of rotatable bonds is 1. The minimum absolute atomic E-state index is 0.644. The van der Waals surface area contributed by atoms with Crippen LogP contribution in [0.1, 0.15) is 12.0 Å². The molecule has 0 bridgehead atoms. The third-order valence-corrected chi connectivity index (χ3v) is 2.18. The molecule has 0 radical (unpaired) electrons. The van der Waals surface area contributed by atoms with Gasteiger partial charge < -0.3 is 10.1 Å². The Kier molecular flexibility index (Phi) is 2.68. The van der Waals surface area contributed by atoms with E-state index in [1.165, 1.54) is 5.56 Å². The number of aryl methyl sites for hydroxylation is 1. The van der Waals surface area contributed by atoms with E-state index in [0.717, 1.165) is 25.3 Å². The standard InChI is InChI=1S/C11H14N2O/c1-9-5-2-3-6-10(9)13-11-12-7-4-8-14-11/h2-3,5-6H,4,7-8H2,1H3,(H,12,13). The van der Waals surface area contributed by atoms with Gasteiger partial charge in [0.25, 0.3) is 6.02 Å². The van der Waals surface area contributed by atoms with Gasteiger partial charge in [-0.1, -0.05) is 18.2 Å². The minimum Gasteiger partial charge on any atom is -0.465 e. The van der Waals surface area contributed by atoms with E-state index in [4.69, 9.17) is 4.74 Å². The molecule has 0 amide bonds. The molecule has 2 rings (SSSR count). The number of hydrogen-bond donors (Lipinski definition) is 1. The van der Waals surface area contributed by atoms with Gasteiger partial charge in [0, 0.05) is 18.7 Å². The first-order chi connectivity index (χ1) is 6.86. The fraction of sp³-hybridized carbons (Fsp3) is 0.364. The van der Waals surface area contributed by atoms with E-state index in [-0.39, 0.29) is 0 Å². The van der Waals surface area contributed by atoms with Gasteiger partial charge in [0.15, 0.2) is 0 Å². The highest BCUT2D eigenvalue weighted by molar-refractivity contribution is 5.90. The number of benzene rings is 1. The summed E-state index contributed by atoms with van der Waals surface area (Å²) in [7, 11) is 0. The van der Waals surface area contributed by atoms with Crippen molar-refractivity contribution < 1.29 is 4.74 Å². The molecule has 0 unspecified atom stereocenters. The molecule has 0 aliphatic carbocycles. The number of amidine groups is 1. The van der Waals surface area contributed by atoms with E-state index in [2.05, 4.69) is 23.3 Å². The number of nitrogens with one attached hydrogen (secondary N) is 1. The Bertz CT molecular complexity index is 347. The summed E-state index contributed by atoms with van der Waals surface area (Å²) in [5, 5.41) is 3.18. The van der Waals surface area contributed by atoms with Gasteiger partial charge in [0.05, 0.1) is 6.61 Å². The molecule has 0 aromatic heterocycles. The average molecular weight is 190 g/mol. The Morgan fingerprint density at radius 1 is 1.36 bits per heavy atom. The molecular weight excluding hydrogens is 176 g/mol. The van der Waals surface area contributed by atoms with Gasteiger partial charge in [-0.3, -0.25) is 0 Å². The lowest BCUT2D eigenvalue weighted by Gasteiger charge is -2.15. The Labute approximate surface area is 83.8 Å². The zero-order valence-corrected chi connectivity index (χ0v) is 8.29. The second-order valence-corrected chi connectivity index (χ2v) is 3.33. The SMILES string of the molecule is Cc1ccccc1NC1=NCCCO1. The molecule has 0 fully saturated rings. The highest BCUT2D eigenvalue weighted by Gasteiger charge is 2.06. The van der Waals surface area contributed by atoms with E-state index in [1.54, 1.807) is 0 Å². The third-order valence-electron chi connectivity index (χ3n) is 2.18. The first-order valence-electron chi connectivity index (χ1n) is 4.86. The molecule has 0 atom stereocenters. The highest BCUT2D eigenvalue weighted by atomic mass is 16.5. The monoisotopic (exact) mass is 190 g/mol. The van der Waals surface area contributed by atoms with E-state index in [9.17, 15) is 0 Å². The van der Waals surface area contributed by atoms with Crippen molar-refractivity contribution in [3.8, 4) is 0 Å². The van der Waals surface area contributed by atoms with Gasteiger partial charge in [0.1, 0.15) is 0 Å². The third kappa shape index (κ3) is 2.05. The second-order valence-electron chi connectivity index (χ2n) is 3.33. The van der Waals surface area contributed by atoms with Crippen LogP contribution in [0.5, 0.6) is 0 Å². The number of para-hydroxylation sites is 1. The van der Waals surface area contributed by atoms with Crippen LogP contribution < -0.4 is 5.32 Å². The van der Waals surface area contributed by atoms with E-state index < -0.39 is 0 Å². The summed E-state index contributed by atoms with van der Waals surface area (Å²) in [5.41, 5.74) is 2.26. The largest absolute Gasteiger partial charge is 0.465 e. The van der Waals surface area contributed by atoms with Gasteiger partial charge in [-0.05, 0) is 18.6 Å². The fourth-order valence-electron chi connectivity index (χ4n) is 1.36. The maximum absolute atomic E-state index is 5.38. The molecule has 74 valence electrons. The van der Waals surface area contributed by atoms with E-state index in [0.29, 0.717) is 6.02 Å². The molecule has 1 aromatic carbocycles. The van der Waals surface area contributed by atoms with Crippen molar-refractivity contribution in [2.45, 2.75) is 13.3 Å². The Hall–Kier alpha value is -1.51. The number of nitrogens with zero attached hydrogens (tertiary/aromatic N) is 1. The number of ether oxygens (including phenoxy) is 1. The summed E-state index contributed by atoms with van der Waals surface area (Å²) in [5.74, 6) is 0. The Morgan fingerprint density at radius 2 is 2.21 bits per heavy atom. The first kappa shape index (κ1) is 9.06. The van der Waals surface area contributed by atoms with Gasteiger partial charge in [-0.15, -0.1) is 0 Å². The van der Waals surface area contributed by atoms with Crippen molar-refractivity contribution in [3.63, 3.8) is 0 Å². The predicted molar refractivity (Wildman–Crippen MR) is 57.7 cm³/mol. The number of aliphatic imine (C=N–C) groups is 1. The van der Waals surface area contributed by atoms with Crippen LogP contribution in [0.4, 0.5) is 5.69 Å². The molecule has 0 saturated carbocycles. The van der Waals surface area contributed by atoms with Crippen molar-refractivity contribution in [2.75, 3.05) is 18.5 Å². The molecular formula is C11H14N2O. The molecule has 1 heterocycles. The lowest BCUT2D eigenvalue weighted by Crippen LogP contribution is -2.21. The zero-order chi connectivity index (χ0) is 9.80. The number of anilines is 1. The van der Waals surface area contributed by atoms with Crippen LogP contribution in [-0.4, -0.2) is 19.2 Å². The summed E-state index contributed by atoms with van der Waals surface area (Å²) < 4.78 is 5.38. The molecule has 0 spiro atoms. The summed E-state index contributed by atoms with van der Waals surface area (Å²) in [6.07, 6.45) is 1.01. The molecule has 1 aromatic rings. The van der Waals surface area contributed by atoms with Gasteiger partial charge in [-0.25, -0.2) is 4.99 Å². The molecule has 1 N–H and O–H groups in total. The maximum atomic E-state index is 5.38. The molecule has 0 saturated heterocycles. The second kappa shape index (κ2) is 4.13. The first-order valence-corrected chi connectivity index (χ1v) is 4.86. The van der Waals surface area contributed by atoms with Crippen molar-refractivity contribution in [1.82, 2.24) is 0 Å². The minimum atomic E-state index is 0.644. The molecule has 3 heteroatoms. The van der Waals surface area contributed by atoms with Crippen LogP contribution in [0.3, 0.4) is 0 Å². The molecule has 14 heavy (non-hydrogen) atoms. The van der Waals surface area contributed by atoms with Crippen LogP contribution in [0, 0.1) is 6.92 Å². The zero-order valence-electron chi connectivity index (χ0n) is 8.29. The van der Waals surface area contributed by atoms with E-state index >= 15 is 0 Å². The lowest BCUT2D eigenvalue weighted by atomic mass is 10.2. The Balaban J connectivity index is 2.10. The van der Waals surface area contributed by atoms with Crippen molar-refractivity contribution in [3.05, 3.63) is 29.8 Å². The summed E-state index contributed by atoms with van der Waals surface area (Å²) in [6.45, 7) is 3.68. The van der Waals surface area contributed by atoms with Crippen LogP contribution in [0.25, 0.3) is 0 Å². The summed E-state index contributed by atoms with van der Waals surface area (Å²) >= 11 is 0. The van der Waals surface area contributed by atoms with Crippen molar-refractivity contribution in [2.24, 2.45) is 4.99 Å². The maximum Gasteiger partial charge on any atom is 0.289 e. The highest BCUT2D eigenvalue weighted by Crippen LogP contribution is 2.13. The van der Waals surface area contributed by atoms with Crippen LogP contribution >= 0.6 is 0 Å². The molecule has 3 nitrogen and oxygen atoms in total. The van der Waals surface area contributed by atoms with Crippen LogP contribution in [0.15, 0.2) is 29.3 Å². The fourth-order valence-corrected chi connectivity index (χ4v) is 1.36. The van der Waals surface area contributed by atoms with Crippen molar-refractivity contribution >= 4 is 11.7 Å². The van der Waals surface area contributed by atoms with Crippen molar-refractivity contribution in [1.29, 1.82) is 0 Å². The van der Waals surface area contributed by atoms with Crippen LogP contribution in [0.2, 0.25) is 0 Å². The van der Waals surface area contributed by atoms with E-state index in [1.807, 2.05) is 18.2 Å². The predicted octanol–water partition coefficient (Wildman–Crippen LogP) is 2.18. The summed E-state index contributed by atoms with van der Waals surface area (Å²) in [4.78, 5) is 4.25. The van der Waals surface area contributed by atoms with Crippen LogP contribution in [-0.2, 0) is 4.74 Å². The average Bonchev–Trinajstić information content (AvgIpc) is 2.23. The summed E-state index contributed by atoms with van der Waals surface area (Å²) in [6, 6.07) is 8.75. The quantitative estimate of drug-likeness (QED) is 0.736. The smallest absolute Gasteiger partial charge is 0.289 e. The van der Waals surface area contributed by atoms with Gasteiger partial charge in [-0.2, -0.15) is 0 Å². The molecule has 1 aliphatic rings. The molecule has 1 aliphatic heterocycles. The van der Waals surface area contributed by atoms with Gasteiger partial charge in [0.2, 0.25) is 0 Å². The Morgan fingerprint density at radius 3 is 2.93 bits per heavy atom. The topological polar surface area (TPSA) is 33.6 Å². The lowest BCUT2D eigenvalue weighted by molar-refractivity contribution is 0.282.